The van der Waals surface area contributed by atoms with Crippen molar-refractivity contribution in [2.75, 3.05) is 58.9 Å². The Morgan fingerprint density at radius 3 is 1.04 bits per heavy atom. The highest BCUT2D eigenvalue weighted by molar-refractivity contribution is 8.13. The molecule has 1 amide bonds. The number of thioether (sulfide) groups is 1. The number of carbonyl (C=O) groups is 7. The summed E-state index contributed by atoms with van der Waals surface area (Å²) in [5.74, 6) is 0.616. The second-order valence-electron chi connectivity index (χ2n) is 22.3. The smallest absolute Gasteiger partial charge is 0.306 e. The van der Waals surface area contributed by atoms with Crippen LogP contribution in [0.2, 0.25) is 0 Å². The Kier molecular flexibility index (Phi) is 34.9. The summed E-state index contributed by atoms with van der Waals surface area (Å²) in [5, 5.41) is 3.12. The van der Waals surface area contributed by atoms with Crippen LogP contribution < -0.4 is 5.32 Å². The van der Waals surface area contributed by atoms with Gasteiger partial charge in [-0.25, -0.2) is 0 Å². The van der Waals surface area contributed by atoms with Crippen molar-refractivity contribution in [1.82, 2.24) is 10.2 Å². The molecule has 4 aliphatic carbocycles. The average Bonchev–Trinajstić information content (AvgIpc) is 3.43. The maximum Gasteiger partial charge on any atom is 0.306 e. The molecule has 0 radical (unpaired) electrons. The normalized spacial score (nSPS) is 17.1. The van der Waals surface area contributed by atoms with E-state index in [1.165, 1.54) is 88.8 Å². The number of hydrogen-bond donors (Lipinski definition) is 1. The predicted molar refractivity (Wildman–Crippen MR) is 292 cm³/mol. The summed E-state index contributed by atoms with van der Waals surface area (Å²) in [4.78, 5) is 92.3. The molecule has 0 heterocycles. The molecule has 430 valence electrons. The average molecular weight is 1080 g/mol. The van der Waals surface area contributed by atoms with Gasteiger partial charge < -0.3 is 38.6 Å². The minimum atomic E-state index is -0.888. The number of unbranched alkanes of at least 4 members (excludes halogenated alkanes) is 4. The van der Waals surface area contributed by atoms with Crippen LogP contribution >= 0.6 is 11.8 Å². The largest absolute Gasteiger partial charge is 0.462 e. The van der Waals surface area contributed by atoms with Crippen LogP contribution in [-0.4, -0.2) is 117 Å². The van der Waals surface area contributed by atoms with Gasteiger partial charge in [-0.3, -0.25) is 33.6 Å². The van der Waals surface area contributed by atoms with Crippen molar-refractivity contribution in [3.63, 3.8) is 0 Å². The number of esters is 6. The van der Waals surface area contributed by atoms with E-state index in [0.717, 1.165) is 90.0 Å². The third kappa shape index (κ3) is 31.6. The molecular weight excluding hydrogens is 977 g/mol. The van der Waals surface area contributed by atoms with E-state index in [0.29, 0.717) is 107 Å². The summed E-state index contributed by atoms with van der Waals surface area (Å²) in [6, 6.07) is 0. The van der Waals surface area contributed by atoms with Crippen LogP contribution in [0.4, 0.5) is 4.79 Å². The maximum atomic E-state index is 13.4. The Labute approximate surface area is 455 Å². The van der Waals surface area contributed by atoms with Crippen LogP contribution in [0.25, 0.3) is 0 Å². The number of amides is 1. The maximum absolute atomic E-state index is 13.4. The molecule has 1 N–H and O–H groups in total. The minimum absolute atomic E-state index is 0.00115. The molecule has 4 aliphatic rings. The molecule has 0 aromatic heterocycles. The zero-order chi connectivity index (χ0) is 53.6. The van der Waals surface area contributed by atoms with Gasteiger partial charge in [0.15, 0.2) is 12.2 Å². The molecule has 4 fully saturated rings. The van der Waals surface area contributed by atoms with Crippen LogP contribution in [-0.2, 0) is 57.2 Å². The van der Waals surface area contributed by atoms with Gasteiger partial charge >= 0.3 is 35.8 Å². The molecule has 0 bridgehead atoms. The quantitative estimate of drug-likeness (QED) is 0.0349. The van der Waals surface area contributed by atoms with E-state index in [4.69, 9.17) is 28.4 Å². The number of rotatable bonds is 38. The van der Waals surface area contributed by atoms with Crippen molar-refractivity contribution < 1.29 is 62.0 Å². The predicted octanol–water partition coefficient (Wildman–Crippen LogP) is 12.3. The van der Waals surface area contributed by atoms with Crippen molar-refractivity contribution >= 4 is 52.8 Å². The van der Waals surface area contributed by atoms with Gasteiger partial charge in [-0.2, -0.15) is 0 Å². The molecular formula is C59H100N2O13S. The zero-order valence-corrected chi connectivity index (χ0v) is 47.3. The number of nitrogens with one attached hydrogen (secondary N) is 1. The number of carbonyl (C=O) groups excluding carboxylic acids is 7. The van der Waals surface area contributed by atoms with Gasteiger partial charge in [-0.15, -0.1) is 0 Å². The number of ether oxygens (including phenoxy) is 6. The van der Waals surface area contributed by atoms with Gasteiger partial charge in [-0.1, -0.05) is 153 Å². The lowest BCUT2D eigenvalue weighted by Crippen LogP contribution is -2.31. The molecule has 4 saturated carbocycles. The molecule has 4 rings (SSSR count). The Balaban J connectivity index is 1.18. The Morgan fingerprint density at radius 2 is 0.733 bits per heavy atom. The van der Waals surface area contributed by atoms with Crippen molar-refractivity contribution in [3.05, 3.63) is 0 Å². The first-order chi connectivity index (χ1) is 36.6. The van der Waals surface area contributed by atoms with Crippen LogP contribution in [0.1, 0.15) is 238 Å². The number of hydrogen-bond acceptors (Lipinski definition) is 15. The lowest BCUT2D eigenvalue weighted by Gasteiger charge is -2.23. The van der Waals surface area contributed by atoms with Crippen molar-refractivity contribution in [1.29, 1.82) is 0 Å². The van der Waals surface area contributed by atoms with Crippen LogP contribution in [0.3, 0.4) is 0 Å². The molecule has 0 saturated heterocycles. The second kappa shape index (κ2) is 40.8. The van der Waals surface area contributed by atoms with E-state index in [2.05, 4.69) is 5.32 Å². The lowest BCUT2D eigenvalue weighted by molar-refractivity contribution is -0.167. The first-order valence-corrected chi connectivity index (χ1v) is 31.1. The van der Waals surface area contributed by atoms with Crippen LogP contribution in [0, 0.1) is 23.7 Å². The molecule has 0 unspecified atom stereocenters. The summed E-state index contributed by atoms with van der Waals surface area (Å²) in [6.45, 7) is 1.20. The van der Waals surface area contributed by atoms with Gasteiger partial charge in [0, 0.05) is 57.4 Å². The fourth-order valence-electron chi connectivity index (χ4n) is 11.2. The Hall–Kier alpha value is -3.40. The van der Waals surface area contributed by atoms with Crippen molar-refractivity contribution in [2.45, 2.75) is 250 Å². The molecule has 75 heavy (non-hydrogen) atoms. The fraction of sp³-hybridized carbons (Fsp3) is 0.881. The second-order valence-corrected chi connectivity index (χ2v) is 23.4. The highest BCUT2D eigenvalue weighted by Crippen LogP contribution is 2.30. The van der Waals surface area contributed by atoms with Gasteiger partial charge in [-0.05, 0) is 95.1 Å². The van der Waals surface area contributed by atoms with E-state index in [1.807, 2.05) is 11.9 Å². The summed E-state index contributed by atoms with van der Waals surface area (Å²) >= 11 is 1.30. The van der Waals surface area contributed by atoms with Crippen molar-refractivity contribution in [2.24, 2.45) is 23.7 Å². The van der Waals surface area contributed by atoms with E-state index in [1.54, 1.807) is 0 Å². The minimum Gasteiger partial charge on any atom is -0.462 e. The van der Waals surface area contributed by atoms with Crippen LogP contribution in [0.5, 0.6) is 0 Å². The number of nitrogens with zero attached hydrogens (tertiary/aromatic N) is 1. The Bertz CT molecular complexity index is 1430. The van der Waals surface area contributed by atoms with E-state index >= 15 is 0 Å². The lowest BCUT2D eigenvalue weighted by atomic mass is 9.86. The summed E-state index contributed by atoms with van der Waals surface area (Å²) in [5.41, 5.74) is 0. The third-order valence-electron chi connectivity index (χ3n) is 15.9. The molecule has 15 nitrogen and oxygen atoms in total. The van der Waals surface area contributed by atoms with E-state index in [-0.39, 0.29) is 68.4 Å². The van der Waals surface area contributed by atoms with Crippen molar-refractivity contribution in [3.8, 4) is 0 Å². The van der Waals surface area contributed by atoms with E-state index < -0.39 is 24.1 Å². The molecule has 16 heteroatoms. The summed E-state index contributed by atoms with van der Waals surface area (Å²) in [7, 11) is 1.88. The highest BCUT2D eigenvalue weighted by atomic mass is 32.2. The SMILES string of the molecule is CNCCCSC(=O)N(CCCCCC(=O)OC(COC(=O)CCC1CCCCC1)COC(=O)CCC1CCCCC1)CCCCCC(=O)OC(COC(=O)CCC1CCCCC1)COC(=O)CCC1CCCCC1. The van der Waals surface area contributed by atoms with Gasteiger partial charge in [0.2, 0.25) is 0 Å². The molecule has 0 aromatic carbocycles. The van der Waals surface area contributed by atoms with E-state index in [9.17, 15) is 33.6 Å². The van der Waals surface area contributed by atoms with Gasteiger partial charge in [0.1, 0.15) is 26.4 Å². The topological polar surface area (TPSA) is 190 Å². The summed E-state index contributed by atoms with van der Waals surface area (Å²) in [6.07, 6.45) is 31.3. The first-order valence-electron chi connectivity index (χ1n) is 30.1. The highest BCUT2D eigenvalue weighted by Gasteiger charge is 2.25. The first kappa shape index (κ1) is 64.1. The Morgan fingerprint density at radius 1 is 0.413 bits per heavy atom. The molecule has 0 atom stereocenters. The third-order valence-corrected chi connectivity index (χ3v) is 16.9. The molecule has 0 spiro atoms. The molecule has 0 aromatic rings. The molecule has 0 aliphatic heterocycles. The fourth-order valence-corrected chi connectivity index (χ4v) is 12.1. The summed E-state index contributed by atoms with van der Waals surface area (Å²) < 4.78 is 33.7. The monoisotopic (exact) mass is 1080 g/mol. The van der Waals surface area contributed by atoms with Crippen LogP contribution in [0.15, 0.2) is 0 Å². The van der Waals surface area contributed by atoms with Gasteiger partial charge in [0.25, 0.3) is 5.24 Å². The van der Waals surface area contributed by atoms with Gasteiger partial charge in [0.05, 0.1) is 0 Å². The standard InChI is InChI=1S/C59H100N2O13S/c1-60-39-20-42-75-59(68)61(40-18-6-16-29-57(66)73-51(43-69-53(62)35-31-47-21-8-2-9-22-47)44-70-54(63)36-32-48-23-10-3-11-24-48)41-19-7-17-30-58(67)74-52(45-71-55(64)37-33-49-25-12-4-13-26-49)46-72-56(65)38-34-50-27-14-5-15-28-50/h47-52,60H,2-46H2,1H3. The zero-order valence-electron chi connectivity index (χ0n) is 46.4.